The van der Waals surface area contributed by atoms with Gasteiger partial charge in [-0.2, -0.15) is 0 Å². The summed E-state index contributed by atoms with van der Waals surface area (Å²) in [5, 5.41) is 5.11. The molecule has 0 amide bonds. The Morgan fingerprint density at radius 2 is 2.00 bits per heavy atom. The third-order valence-electron chi connectivity index (χ3n) is 2.42. The SMILES string of the molecule is CCCCCOC(=O)c1cc(Cl)cc(S(N)(=O)=O)c1. The summed E-state index contributed by atoms with van der Waals surface area (Å²) in [7, 11) is -3.90. The number of sulfonamides is 1. The van der Waals surface area contributed by atoms with Crippen molar-refractivity contribution in [2.75, 3.05) is 6.61 Å². The smallest absolute Gasteiger partial charge is 0.338 e. The molecule has 0 aliphatic heterocycles. The number of benzene rings is 1. The first-order chi connectivity index (χ1) is 8.84. The van der Waals surface area contributed by atoms with E-state index < -0.39 is 16.0 Å². The van der Waals surface area contributed by atoms with Gasteiger partial charge in [0, 0.05) is 5.02 Å². The number of rotatable bonds is 6. The van der Waals surface area contributed by atoms with Crippen LogP contribution in [0.3, 0.4) is 0 Å². The van der Waals surface area contributed by atoms with E-state index in [1.807, 2.05) is 6.92 Å². The molecule has 1 rings (SSSR count). The second-order valence-electron chi connectivity index (χ2n) is 4.06. The Morgan fingerprint density at radius 3 is 2.58 bits per heavy atom. The molecule has 19 heavy (non-hydrogen) atoms. The van der Waals surface area contributed by atoms with E-state index in [0.29, 0.717) is 6.61 Å². The second-order valence-corrected chi connectivity index (χ2v) is 6.06. The number of primary sulfonamides is 1. The molecule has 5 nitrogen and oxygen atoms in total. The van der Waals surface area contributed by atoms with E-state index in [-0.39, 0.29) is 15.5 Å². The summed E-state index contributed by atoms with van der Waals surface area (Å²) in [5.41, 5.74) is 0.0769. The molecule has 0 unspecified atom stereocenters. The summed E-state index contributed by atoms with van der Waals surface area (Å²) < 4.78 is 27.5. The fraction of sp³-hybridized carbons (Fsp3) is 0.417. The third-order valence-corrected chi connectivity index (χ3v) is 3.53. The molecular weight excluding hydrogens is 290 g/mol. The maximum absolute atomic E-state index is 11.7. The molecule has 0 saturated heterocycles. The second kappa shape index (κ2) is 6.88. The van der Waals surface area contributed by atoms with Gasteiger partial charge in [0.2, 0.25) is 10.0 Å². The monoisotopic (exact) mass is 305 g/mol. The van der Waals surface area contributed by atoms with Crippen LogP contribution in [0, 0.1) is 0 Å². The zero-order chi connectivity index (χ0) is 14.5. The van der Waals surface area contributed by atoms with Gasteiger partial charge < -0.3 is 4.74 Å². The average Bonchev–Trinajstić information content (AvgIpc) is 2.32. The van der Waals surface area contributed by atoms with Gasteiger partial charge in [0.1, 0.15) is 0 Å². The first-order valence-electron chi connectivity index (χ1n) is 5.85. The first kappa shape index (κ1) is 15.9. The molecule has 0 radical (unpaired) electrons. The number of hydrogen-bond acceptors (Lipinski definition) is 4. The van der Waals surface area contributed by atoms with Crippen molar-refractivity contribution in [2.45, 2.75) is 31.1 Å². The maximum Gasteiger partial charge on any atom is 0.338 e. The fourth-order valence-corrected chi connectivity index (χ4v) is 2.33. The zero-order valence-corrected chi connectivity index (χ0v) is 12.1. The van der Waals surface area contributed by atoms with Crippen LogP contribution in [-0.2, 0) is 14.8 Å². The van der Waals surface area contributed by atoms with Crippen LogP contribution in [0.2, 0.25) is 5.02 Å². The number of esters is 1. The summed E-state index contributed by atoms with van der Waals surface area (Å²) in [4.78, 5) is 11.5. The molecule has 2 N–H and O–H groups in total. The van der Waals surface area contributed by atoms with Gasteiger partial charge in [-0.25, -0.2) is 18.4 Å². The highest BCUT2D eigenvalue weighted by Crippen LogP contribution is 2.19. The minimum absolute atomic E-state index is 0.0769. The number of halogens is 1. The van der Waals surface area contributed by atoms with E-state index >= 15 is 0 Å². The maximum atomic E-state index is 11.7. The number of carbonyl (C=O) groups excluding carboxylic acids is 1. The predicted molar refractivity (Wildman–Crippen MR) is 72.6 cm³/mol. The minimum Gasteiger partial charge on any atom is -0.462 e. The molecule has 0 bridgehead atoms. The van der Waals surface area contributed by atoms with Crippen molar-refractivity contribution >= 4 is 27.6 Å². The van der Waals surface area contributed by atoms with Crippen LogP contribution in [0.5, 0.6) is 0 Å². The van der Waals surface area contributed by atoms with Gasteiger partial charge >= 0.3 is 5.97 Å². The van der Waals surface area contributed by atoms with Crippen molar-refractivity contribution < 1.29 is 17.9 Å². The van der Waals surface area contributed by atoms with Gasteiger partial charge in [-0.15, -0.1) is 0 Å². The van der Waals surface area contributed by atoms with Gasteiger partial charge in [0.25, 0.3) is 0 Å². The van der Waals surface area contributed by atoms with E-state index in [1.165, 1.54) is 12.1 Å². The normalized spacial score (nSPS) is 11.3. The molecule has 0 atom stereocenters. The van der Waals surface area contributed by atoms with Crippen molar-refractivity contribution in [1.29, 1.82) is 0 Å². The molecule has 7 heteroatoms. The lowest BCUT2D eigenvalue weighted by molar-refractivity contribution is 0.0498. The van der Waals surface area contributed by atoms with Crippen LogP contribution in [0.4, 0.5) is 0 Å². The Balaban J connectivity index is 2.83. The molecule has 1 aromatic rings. The molecular formula is C12H16ClNO4S. The van der Waals surface area contributed by atoms with E-state index in [1.54, 1.807) is 0 Å². The number of carbonyl (C=O) groups is 1. The lowest BCUT2D eigenvalue weighted by Crippen LogP contribution is -2.14. The first-order valence-corrected chi connectivity index (χ1v) is 7.77. The van der Waals surface area contributed by atoms with Crippen LogP contribution in [-0.4, -0.2) is 21.0 Å². The van der Waals surface area contributed by atoms with Crippen molar-refractivity contribution in [3.8, 4) is 0 Å². The Labute approximate surface area is 117 Å². The number of nitrogens with two attached hydrogens (primary N) is 1. The zero-order valence-electron chi connectivity index (χ0n) is 10.6. The van der Waals surface area contributed by atoms with Crippen LogP contribution < -0.4 is 5.14 Å². The molecule has 0 fully saturated rings. The van der Waals surface area contributed by atoms with Crippen LogP contribution in [0.15, 0.2) is 23.1 Å². The van der Waals surface area contributed by atoms with Crippen LogP contribution in [0.1, 0.15) is 36.5 Å². The van der Waals surface area contributed by atoms with Crippen molar-refractivity contribution in [1.82, 2.24) is 0 Å². The molecule has 0 spiro atoms. The topological polar surface area (TPSA) is 86.5 Å². The van der Waals surface area contributed by atoms with Gasteiger partial charge in [-0.1, -0.05) is 31.4 Å². The average molecular weight is 306 g/mol. The molecule has 0 aromatic heterocycles. The lowest BCUT2D eigenvalue weighted by Gasteiger charge is -2.06. The molecule has 0 saturated carbocycles. The quantitative estimate of drug-likeness (QED) is 0.645. The van der Waals surface area contributed by atoms with Gasteiger partial charge in [-0.3, -0.25) is 0 Å². The minimum atomic E-state index is -3.90. The molecule has 0 aliphatic carbocycles. The number of unbranched alkanes of at least 4 members (excludes halogenated alkanes) is 2. The molecule has 1 aromatic carbocycles. The van der Waals surface area contributed by atoms with E-state index in [4.69, 9.17) is 21.5 Å². The third kappa shape index (κ3) is 5.18. The van der Waals surface area contributed by atoms with Gasteiger partial charge in [-0.05, 0) is 24.6 Å². The van der Waals surface area contributed by atoms with Gasteiger partial charge in [0.15, 0.2) is 0 Å². The summed E-state index contributed by atoms with van der Waals surface area (Å²) in [6.45, 7) is 2.33. The Hall–Kier alpha value is -1.11. The Morgan fingerprint density at radius 1 is 1.32 bits per heavy atom. The van der Waals surface area contributed by atoms with Crippen molar-refractivity contribution in [2.24, 2.45) is 5.14 Å². The summed E-state index contributed by atoms with van der Waals surface area (Å²) in [6, 6.07) is 3.69. The number of hydrogen-bond donors (Lipinski definition) is 1. The van der Waals surface area contributed by atoms with Crippen LogP contribution >= 0.6 is 11.6 Å². The van der Waals surface area contributed by atoms with E-state index in [0.717, 1.165) is 25.3 Å². The Kier molecular flexibility index (Phi) is 5.78. The standard InChI is InChI=1S/C12H16ClNO4S/c1-2-3-4-5-18-12(15)9-6-10(13)8-11(7-9)19(14,16)17/h6-8H,2-5H2,1H3,(H2,14,16,17). The Bertz CT molecular complexity index is 557. The number of ether oxygens (including phenoxy) is 1. The van der Waals surface area contributed by atoms with E-state index in [9.17, 15) is 13.2 Å². The largest absolute Gasteiger partial charge is 0.462 e. The van der Waals surface area contributed by atoms with Crippen molar-refractivity contribution in [3.63, 3.8) is 0 Å². The molecule has 106 valence electrons. The fourth-order valence-electron chi connectivity index (χ4n) is 1.45. The lowest BCUT2D eigenvalue weighted by atomic mass is 10.2. The highest BCUT2D eigenvalue weighted by atomic mass is 35.5. The highest BCUT2D eigenvalue weighted by Gasteiger charge is 2.15. The summed E-state index contributed by atoms with van der Waals surface area (Å²) in [5.74, 6) is -0.608. The van der Waals surface area contributed by atoms with Crippen LogP contribution in [0.25, 0.3) is 0 Å². The summed E-state index contributed by atoms with van der Waals surface area (Å²) in [6.07, 6.45) is 2.75. The van der Waals surface area contributed by atoms with E-state index in [2.05, 4.69) is 0 Å². The van der Waals surface area contributed by atoms with Gasteiger partial charge in [0.05, 0.1) is 17.1 Å². The predicted octanol–water partition coefficient (Wildman–Crippen LogP) is 2.33. The molecule has 0 aliphatic rings. The highest BCUT2D eigenvalue weighted by molar-refractivity contribution is 7.89. The summed E-state index contributed by atoms with van der Waals surface area (Å²) >= 11 is 5.76. The van der Waals surface area contributed by atoms with Crippen molar-refractivity contribution in [3.05, 3.63) is 28.8 Å². The molecule has 0 heterocycles.